The Morgan fingerprint density at radius 2 is 2.13 bits per heavy atom. The molecular formula is C13H26N2. The fourth-order valence-electron chi connectivity index (χ4n) is 3.10. The maximum absolute atomic E-state index is 3.78. The summed E-state index contributed by atoms with van der Waals surface area (Å²) in [6.45, 7) is 8.39. The third-order valence-corrected chi connectivity index (χ3v) is 4.04. The first-order chi connectivity index (χ1) is 7.29. The Kier molecular flexibility index (Phi) is 3.68. The molecule has 1 N–H and O–H groups in total. The van der Waals surface area contributed by atoms with Gasteiger partial charge in [-0.25, -0.2) is 0 Å². The molecule has 2 heteroatoms. The van der Waals surface area contributed by atoms with E-state index in [-0.39, 0.29) is 0 Å². The lowest BCUT2D eigenvalue weighted by atomic mass is 9.91. The van der Waals surface area contributed by atoms with Gasteiger partial charge in [-0.05, 0) is 45.2 Å². The van der Waals surface area contributed by atoms with Crippen LogP contribution in [0.15, 0.2) is 0 Å². The first-order valence-corrected chi connectivity index (χ1v) is 6.79. The molecule has 1 saturated carbocycles. The van der Waals surface area contributed by atoms with Crippen molar-refractivity contribution in [3.8, 4) is 0 Å². The van der Waals surface area contributed by atoms with Gasteiger partial charge < -0.3 is 5.32 Å². The fourth-order valence-corrected chi connectivity index (χ4v) is 3.10. The van der Waals surface area contributed by atoms with Crippen LogP contribution in [0, 0.1) is 0 Å². The molecular weight excluding hydrogens is 184 g/mol. The average Bonchev–Trinajstić information content (AvgIpc) is 2.98. The normalized spacial score (nSPS) is 31.4. The Labute approximate surface area is 94.4 Å². The van der Waals surface area contributed by atoms with E-state index < -0.39 is 0 Å². The molecule has 88 valence electrons. The Morgan fingerprint density at radius 1 is 1.33 bits per heavy atom. The van der Waals surface area contributed by atoms with Gasteiger partial charge in [-0.15, -0.1) is 0 Å². The van der Waals surface area contributed by atoms with Gasteiger partial charge in [0.15, 0.2) is 0 Å². The van der Waals surface area contributed by atoms with Crippen LogP contribution in [0.2, 0.25) is 0 Å². The Morgan fingerprint density at radius 3 is 2.60 bits per heavy atom. The van der Waals surface area contributed by atoms with Crippen LogP contribution >= 0.6 is 0 Å². The van der Waals surface area contributed by atoms with Gasteiger partial charge in [-0.3, -0.25) is 4.90 Å². The van der Waals surface area contributed by atoms with E-state index in [4.69, 9.17) is 0 Å². The Hall–Kier alpha value is -0.0800. The van der Waals surface area contributed by atoms with Crippen molar-refractivity contribution in [2.45, 2.75) is 64.0 Å². The highest BCUT2D eigenvalue weighted by molar-refractivity contribution is 4.98. The van der Waals surface area contributed by atoms with Gasteiger partial charge in [0.25, 0.3) is 0 Å². The number of nitrogens with one attached hydrogen (secondary N) is 1. The van der Waals surface area contributed by atoms with Crippen LogP contribution in [0.1, 0.15) is 52.4 Å². The van der Waals surface area contributed by atoms with Crippen molar-refractivity contribution < 1.29 is 0 Å². The predicted molar refractivity (Wildman–Crippen MR) is 65.1 cm³/mol. The molecule has 2 aliphatic rings. The van der Waals surface area contributed by atoms with Gasteiger partial charge in [0.05, 0.1) is 0 Å². The van der Waals surface area contributed by atoms with Crippen molar-refractivity contribution in [2.75, 3.05) is 19.6 Å². The number of hydrogen-bond donors (Lipinski definition) is 1. The minimum atomic E-state index is 0.466. The minimum Gasteiger partial charge on any atom is -0.310 e. The van der Waals surface area contributed by atoms with Crippen LogP contribution in [0.5, 0.6) is 0 Å². The topological polar surface area (TPSA) is 15.3 Å². The summed E-state index contributed by atoms with van der Waals surface area (Å²) < 4.78 is 0. The molecule has 1 unspecified atom stereocenters. The largest absolute Gasteiger partial charge is 0.310 e. The molecule has 2 fully saturated rings. The van der Waals surface area contributed by atoms with E-state index in [0.29, 0.717) is 5.54 Å². The lowest BCUT2D eigenvalue weighted by Gasteiger charge is -2.35. The van der Waals surface area contributed by atoms with E-state index in [2.05, 4.69) is 24.1 Å². The average molecular weight is 210 g/mol. The highest BCUT2D eigenvalue weighted by Gasteiger charge is 2.37. The standard InChI is InChI=1S/C13H26N2/c1-3-8-13(9-5-10-14-13)11-15(4-2)12-6-7-12/h12,14H,3-11H2,1-2H3. The van der Waals surface area contributed by atoms with Crippen LogP contribution in [0.4, 0.5) is 0 Å². The first-order valence-electron chi connectivity index (χ1n) is 6.79. The van der Waals surface area contributed by atoms with E-state index in [1.54, 1.807) is 0 Å². The predicted octanol–water partition coefficient (Wildman–Crippen LogP) is 2.39. The summed E-state index contributed by atoms with van der Waals surface area (Å²) >= 11 is 0. The van der Waals surface area contributed by atoms with Crippen molar-refractivity contribution in [3.05, 3.63) is 0 Å². The van der Waals surface area contributed by atoms with Crippen LogP contribution in [0.3, 0.4) is 0 Å². The van der Waals surface area contributed by atoms with Gasteiger partial charge in [-0.1, -0.05) is 20.3 Å². The fraction of sp³-hybridized carbons (Fsp3) is 1.00. The molecule has 1 aliphatic heterocycles. The van der Waals surface area contributed by atoms with Crippen molar-refractivity contribution >= 4 is 0 Å². The lowest BCUT2D eigenvalue weighted by molar-refractivity contribution is 0.182. The molecule has 0 spiro atoms. The lowest BCUT2D eigenvalue weighted by Crippen LogP contribution is -2.50. The molecule has 2 rings (SSSR count). The molecule has 2 nitrogen and oxygen atoms in total. The molecule has 0 amide bonds. The van der Waals surface area contributed by atoms with Crippen molar-refractivity contribution in [1.82, 2.24) is 10.2 Å². The second-order valence-electron chi connectivity index (χ2n) is 5.35. The van der Waals surface area contributed by atoms with Crippen molar-refractivity contribution in [1.29, 1.82) is 0 Å². The highest BCUT2D eigenvalue weighted by atomic mass is 15.2. The summed E-state index contributed by atoms with van der Waals surface area (Å²) in [5.41, 5.74) is 0.466. The maximum atomic E-state index is 3.78. The van der Waals surface area contributed by atoms with Gasteiger partial charge in [-0.2, -0.15) is 0 Å². The number of nitrogens with zero attached hydrogens (tertiary/aromatic N) is 1. The molecule has 0 aromatic heterocycles. The van der Waals surface area contributed by atoms with Crippen LogP contribution in [0.25, 0.3) is 0 Å². The third-order valence-electron chi connectivity index (χ3n) is 4.04. The van der Waals surface area contributed by atoms with Crippen LogP contribution < -0.4 is 5.32 Å². The monoisotopic (exact) mass is 210 g/mol. The van der Waals surface area contributed by atoms with Gasteiger partial charge >= 0.3 is 0 Å². The molecule has 0 bridgehead atoms. The quantitative estimate of drug-likeness (QED) is 0.724. The summed E-state index contributed by atoms with van der Waals surface area (Å²) in [6.07, 6.45) is 8.32. The summed E-state index contributed by atoms with van der Waals surface area (Å²) in [5.74, 6) is 0. The maximum Gasteiger partial charge on any atom is 0.0309 e. The zero-order valence-corrected chi connectivity index (χ0v) is 10.4. The molecule has 0 aromatic carbocycles. The molecule has 1 aliphatic carbocycles. The van der Waals surface area contributed by atoms with Crippen molar-refractivity contribution in [2.24, 2.45) is 0 Å². The van der Waals surface area contributed by atoms with Crippen LogP contribution in [-0.4, -0.2) is 36.1 Å². The summed E-state index contributed by atoms with van der Waals surface area (Å²) in [4.78, 5) is 2.70. The smallest absolute Gasteiger partial charge is 0.0309 e. The second-order valence-corrected chi connectivity index (χ2v) is 5.35. The zero-order valence-electron chi connectivity index (χ0n) is 10.4. The Bertz CT molecular complexity index is 193. The zero-order chi connectivity index (χ0) is 10.7. The van der Waals surface area contributed by atoms with Gasteiger partial charge in [0.2, 0.25) is 0 Å². The molecule has 0 radical (unpaired) electrons. The Balaban J connectivity index is 1.92. The van der Waals surface area contributed by atoms with E-state index in [1.165, 1.54) is 58.2 Å². The summed E-state index contributed by atoms with van der Waals surface area (Å²) in [6, 6.07) is 0.922. The van der Waals surface area contributed by atoms with E-state index in [9.17, 15) is 0 Å². The first kappa shape index (κ1) is 11.4. The van der Waals surface area contributed by atoms with Crippen molar-refractivity contribution in [3.63, 3.8) is 0 Å². The summed E-state index contributed by atoms with van der Waals surface area (Å²) in [5, 5.41) is 3.78. The second kappa shape index (κ2) is 4.84. The highest BCUT2D eigenvalue weighted by Crippen LogP contribution is 2.32. The molecule has 0 aromatic rings. The van der Waals surface area contributed by atoms with E-state index >= 15 is 0 Å². The minimum absolute atomic E-state index is 0.466. The van der Waals surface area contributed by atoms with Gasteiger partial charge in [0.1, 0.15) is 0 Å². The number of likely N-dealkylation sites (N-methyl/N-ethyl adjacent to an activating group) is 1. The number of hydrogen-bond acceptors (Lipinski definition) is 2. The molecule has 15 heavy (non-hydrogen) atoms. The van der Waals surface area contributed by atoms with Gasteiger partial charge in [0, 0.05) is 18.1 Å². The van der Waals surface area contributed by atoms with E-state index in [0.717, 1.165) is 6.04 Å². The molecule has 1 heterocycles. The SMILES string of the molecule is CCCC1(CN(CC)C2CC2)CCCN1. The molecule has 1 saturated heterocycles. The van der Waals surface area contributed by atoms with E-state index in [1.807, 2.05) is 0 Å². The van der Waals surface area contributed by atoms with Crippen LogP contribution in [-0.2, 0) is 0 Å². The summed E-state index contributed by atoms with van der Waals surface area (Å²) in [7, 11) is 0. The third kappa shape index (κ3) is 2.73. The molecule has 1 atom stereocenters. The number of rotatable bonds is 6.